The van der Waals surface area contributed by atoms with E-state index in [0.29, 0.717) is 0 Å². The predicted molar refractivity (Wildman–Crippen MR) is 82.9 cm³/mol. The largest absolute Gasteiger partial charge is 0.512 e. The van der Waals surface area contributed by atoms with Gasteiger partial charge in [-0.15, -0.1) is 0 Å². The smallest absolute Gasteiger partial charge is 0.301 e. The minimum absolute atomic E-state index is 0.493. The molecule has 1 unspecified atom stereocenters. The first-order chi connectivity index (χ1) is 11.5. The molecule has 1 rings (SSSR count). The fourth-order valence-corrected chi connectivity index (χ4v) is 4.04. The van der Waals surface area contributed by atoms with E-state index in [1.165, 1.54) is 45.2 Å². The summed E-state index contributed by atoms with van der Waals surface area (Å²) in [4.78, 5) is 2.63. The zero-order valence-corrected chi connectivity index (χ0v) is 15.8. The average molecular weight is 436 g/mol. The van der Waals surface area contributed by atoms with E-state index < -0.39 is 35.2 Å². The van der Waals surface area contributed by atoms with Gasteiger partial charge in [-0.1, -0.05) is 23.9 Å². The van der Waals surface area contributed by atoms with Gasteiger partial charge in [0, 0.05) is 6.04 Å². The third-order valence-electron chi connectivity index (χ3n) is 3.57. The van der Waals surface area contributed by atoms with Gasteiger partial charge in [0.2, 0.25) is 0 Å². The second kappa shape index (κ2) is 9.55. The fourth-order valence-electron chi connectivity index (χ4n) is 2.13. The minimum Gasteiger partial charge on any atom is -0.301 e. The van der Waals surface area contributed by atoms with Crippen LogP contribution in [0, 0.1) is 0 Å². The van der Waals surface area contributed by atoms with Crippen molar-refractivity contribution in [2.24, 2.45) is 0 Å². The Kier molecular flexibility index (Phi) is 9.33. The summed E-state index contributed by atoms with van der Waals surface area (Å²) in [6.07, 6.45) is 7.01. The Morgan fingerprint density at radius 3 is 1.73 bits per heavy atom. The summed E-state index contributed by atoms with van der Waals surface area (Å²) < 4.78 is 108. The van der Waals surface area contributed by atoms with Crippen LogP contribution in [0.5, 0.6) is 0 Å². The number of alkyl halides is 6. The lowest BCUT2D eigenvalue weighted by Crippen LogP contribution is -2.45. The molecule has 0 saturated carbocycles. The van der Waals surface area contributed by atoms with Crippen LogP contribution in [0.15, 0.2) is 0 Å². The number of nitrogens with zero attached hydrogens (tertiary/aromatic N) is 1. The number of hydrogen-bond acceptors (Lipinski definition) is 5. The summed E-state index contributed by atoms with van der Waals surface area (Å²) in [5, 5.41) is 0. The lowest BCUT2D eigenvalue weighted by atomic mass is 10.2. The molecule has 6 nitrogen and oxygen atoms in total. The van der Waals surface area contributed by atoms with E-state index in [0.717, 1.165) is 6.04 Å². The summed E-state index contributed by atoms with van der Waals surface area (Å²) in [5.41, 5.74) is -12.3. The average Bonchev–Trinajstić information content (AvgIpc) is 2.82. The Morgan fingerprint density at radius 1 is 0.962 bits per heavy atom. The Bertz CT molecular complexity index is 589. The van der Waals surface area contributed by atoms with E-state index in [9.17, 15) is 43.2 Å². The number of nitrogens with one attached hydrogen (secondary N) is 1. The third-order valence-corrected chi connectivity index (χ3v) is 6.54. The van der Waals surface area contributed by atoms with Crippen LogP contribution >= 0.6 is 0 Å². The van der Waals surface area contributed by atoms with Crippen molar-refractivity contribution in [3.63, 3.8) is 0 Å². The number of rotatable bonds is 6. The topological polar surface area (TPSA) is 83.6 Å². The zero-order valence-electron chi connectivity index (χ0n) is 14.2. The monoisotopic (exact) mass is 436 g/mol. The van der Waals surface area contributed by atoms with E-state index in [2.05, 4.69) is 18.7 Å². The van der Waals surface area contributed by atoms with Crippen molar-refractivity contribution >= 4 is 20.0 Å². The molecule has 0 aromatic rings. The third kappa shape index (κ3) is 7.96. The van der Waals surface area contributed by atoms with Gasteiger partial charge in [0.05, 0.1) is 0 Å². The van der Waals surface area contributed by atoms with Crippen LogP contribution in [0.25, 0.3) is 0 Å². The van der Waals surface area contributed by atoms with Crippen LogP contribution in [-0.4, -0.2) is 51.9 Å². The molecule has 0 aromatic heterocycles. The van der Waals surface area contributed by atoms with Crippen molar-refractivity contribution in [2.75, 3.05) is 13.1 Å². The lowest BCUT2D eigenvalue weighted by molar-refractivity contribution is -0.0476. The summed E-state index contributed by atoms with van der Waals surface area (Å²) >= 11 is 0. The minimum atomic E-state index is -6.60. The number of likely N-dealkylation sites (tertiary alicyclic amines) is 1. The Labute approximate surface area is 149 Å². The highest BCUT2D eigenvalue weighted by Gasteiger charge is 2.55. The molecule has 1 atom stereocenters. The van der Waals surface area contributed by atoms with Crippen LogP contribution < -0.4 is 4.13 Å². The van der Waals surface area contributed by atoms with E-state index in [1.807, 2.05) is 0 Å². The summed E-state index contributed by atoms with van der Waals surface area (Å²) in [6, 6.07) is 0.867. The molecule has 1 fully saturated rings. The van der Waals surface area contributed by atoms with Gasteiger partial charge in [0.15, 0.2) is 0 Å². The molecule has 0 bridgehead atoms. The summed E-state index contributed by atoms with van der Waals surface area (Å²) in [6.45, 7) is 7.33. The Hall–Kier alpha value is -0.600. The van der Waals surface area contributed by atoms with Gasteiger partial charge in [0.25, 0.3) is 0 Å². The van der Waals surface area contributed by atoms with Crippen molar-refractivity contribution in [3.05, 3.63) is 0 Å². The van der Waals surface area contributed by atoms with Crippen molar-refractivity contribution in [3.8, 4) is 0 Å². The van der Waals surface area contributed by atoms with Crippen molar-refractivity contribution < 1.29 is 43.2 Å². The predicted octanol–water partition coefficient (Wildman–Crippen LogP) is 2.94. The molecule has 0 aliphatic carbocycles. The fraction of sp³-hybridized carbons (Fsp3) is 1.00. The Morgan fingerprint density at radius 2 is 1.42 bits per heavy atom. The Balaban J connectivity index is 0.000000502. The molecular weight excluding hydrogens is 414 g/mol. The van der Waals surface area contributed by atoms with Gasteiger partial charge in [-0.2, -0.15) is 26.3 Å². The van der Waals surface area contributed by atoms with E-state index in [1.54, 1.807) is 0 Å². The van der Waals surface area contributed by atoms with E-state index in [-0.39, 0.29) is 0 Å². The van der Waals surface area contributed by atoms with Crippen LogP contribution in [0.2, 0.25) is 0 Å². The molecule has 0 spiro atoms. The van der Waals surface area contributed by atoms with Crippen LogP contribution in [0.1, 0.15) is 46.0 Å². The summed E-state index contributed by atoms with van der Waals surface area (Å²) in [5.74, 6) is 0. The maximum absolute atomic E-state index is 11.5. The number of halogens is 6. The van der Waals surface area contributed by atoms with Gasteiger partial charge in [-0.3, -0.25) is 0 Å². The van der Waals surface area contributed by atoms with E-state index in [4.69, 9.17) is 0 Å². The van der Waals surface area contributed by atoms with Crippen molar-refractivity contribution in [1.29, 1.82) is 0 Å². The van der Waals surface area contributed by atoms with Gasteiger partial charge in [0.1, 0.15) is 0 Å². The highest BCUT2D eigenvalue weighted by atomic mass is 32.3. The molecule has 158 valence electrons. The van der Waals surface area contributed by atoms with Crippen molar-refractivity contribution in [2.45, 2.75) is 63.0 Å². The molecule has 0 aromatic carbocycles. The van der Waals surface area contributed by atoms with Gasteiger partial charge in [-0.25, -0.2) is 16.8 Å². The van der Waals surface area contributed by atoms with Gasteiger partial charge >= 0.3 is 31.1 Å². The van der Waals surface area contributed by atoms with Gasteiger partial charge < -0.3 is 4.90 Å². The summed E-state index contributed by atoms with van der Waals surface area (Å²) in [7, 11) is -13.2. The first kappa shape index (κ1) is 25.4. The molecule has 1 heterocycles. The molecular formula is C12H22F6N2O4S2. The molecule has 0 amide bonds. The second-order valence-electron chi connectivity index (χ2n) is 5.72. The SMILES string of the molecule is CCCCCN1CCCC1C.O=S(=O)(NS(=O)(=O)C(F)(F)F)C(F)(F)F. The molecule has 1 aliphatic heterocycles. The molecule has 0 radical (unpaired) electrons. The van der Waals surface area contributed by atoms with Crippen molar-refractivity contribution in [1.82, 2.24) is 9.03 Å². The second-order valence-corrected chi connectivity index (χ2v) is 9.32. The molecule has 14 heteroatoms. The van der Waals surface area contributed by atoms with E-state index >= 15 is 0 Å². The number of sulfonamides is 2. The maximum Gasteiger partial charge on any atom is 0.512 e. The van der Waals surface area contributed by atoms with Crippen LogP contribution in [0.3, 0.4) is 0 Å². The first-order valence-electron chi connectivity index (χ1n) is 7.70. The van der Waals surface area contributed by atoms with Gasteiger partial charge in [-0.05, 0) is 39.3 Å². The number of unbranched alkanes of at least 4 members (excludes halogenated alkanes) is 2. The van der Waals surface area contributed by atoms with Crippen LogP contribution in [0.4, 0.5) is 26.3 Å². The normalized spacial score (nSPS) is 19.9. The molecule has 1 saturated heterocycles. The molecule has 1 aliphatic rings. The molecule has 1 N–H and O–H groups in total. The highest BCUT2D eigenvalue weighted by molar-refractivity contribution is 8.05. The van der Waals surface area contributed by atoms with Crippen LogP contribution in [-0.2, 0) is 20.0 Å². The first-order valence-corrected chi connectivity index (χ1v) is 10.7. The quantitative estimate of drug-likeness (QED) is 0.511. The lowest BCUT2D eigenvalue weighted by Gasteiger charge is -2.20. The zero-order chi connectivity index (χ0) is 20.8. The standard InChI is InChI=1S/C10H21N.C2HF6NO4S2/c1-3-4-5-8-11-9-6-7-10(11)2;3-1(4,5)14(10,11)9-15(12,13)2(6,7)8/h10H,3-9H2,1-2H3;9H. The highest BCUT2D eigenvalue weighted by Crippen LogP contribution is 2.27. The number of hydrogen-bond donors (Lipinski definition) is 1. The maximum atomic E-state index is 11.5. The molecule has 26 heavy (non-hydrogen) atoms.